The number of methoxy groups -OCH3 is 1. The van der Waals surface area contributed by atoms with E-state index in [1.165, 1.54) is 13.3 Å². The first kappa shape index (κ1) is 12.4. The Hall–Kier alpha value is -2.01. The predicted octanol–water partition coefficient (Wildman–Crippen LogP) is 2.49. The number of halogens is 2. The van der Waals surface area contributed by atoms with Gasteiger partial charge in [-0.3, -0.25) is 4.98 Å². The summed E-state index contributed by atoms with van der Waals surface area (Å²) in [5.74, 6) is -1.25. The first-order valence-corrected chi connectivity index (χ1v) is 5.33. The van der Waals surface area contributed by atoms with E-state index in [-0.39, 0.29) is 17.9 Å². The number of pyridine rings is 1. The van der Waals surface area contributed by atoms with Crippen LogP contribution in [0.4, 0.5) is 8.78 Å². The van der Waals surface area contributed by atoms with Gasteiger partial charge >= 0.3 is 0 Å². The van der Waals surface area contributed by atoms with E-state index in [1.807, 2.05) is 0 Å². The van der Waals surface area contributed by atoms with Gasteiger partial charge in [0, 0.05) is 36.6 Å². The molecule has 0 aliphatic rings. The molecule has 0 fully saturated rings. The van der Waals surface area contributed by atoms with Crippen molar-refractivity contribution in [2.75, 3.05) is 7.11 Å². The van der Waals surface area contributed by atoms with Crippen molar-refractivity contribution in [3.8, 4) is 16.9 Å². The Morgan fingerprint density at radius 2 is 1.83 bits per heavy atom. The molecule has 0 spiro atoms. The summed E-state index contributed by atoms with van der Waals surface area (Å²) in [6.07, 6.45) is 2.95. The van der Waals surface area contributed by atoms with Crippen molar-refractivity contribution in [2.45, 2.75) is 6.54 Å². The highest BCUT2D eigenvalue weighted by Gasteiger charge is 2.14. The van der Waals surface area contributed by atoms with Gasteiger partial charge in [0.1, 0.15) is 17.4 Å². The summed E-state index contributed by atoms with van der Waals surface area (Å²) in [5, 5.41) is 0. The molecular weight excluding hydrogens is 238 g/mol. The lowest BCUT2D eigenvalue weighted by Gasteiger charge is -2.08. The van der Waals surface area contributed by atoms with Crippen molar-refractivity contribution in [1.82, 2.24) is 4.98 Å². The molecule has 0 radical (unpaired) electrons. The number of ether oxygens (including phenoxy) is 1. The Balaban J connectivity index is 2.56. The van der Waals surface area contributed by atoms with Gasteiger partial charge in [-0.05, 0) is 11.6 Å². The lowest BCUT2D eigenvalue weighted by Crippen LogP contribution is -1.99. The van der Waals surface area contributed by atoms with Crippen molar-refractivity contribution >= 4 is 0 Å². The van der Waals surface area contributed by atoms with Crippen LogP contribution in [-0.2, 0) is 6.54 Å². The van der Waals surface area contributed by atoms with Gasteiger partial charge in [-0.1, -0.05) is 0 Å². The van der Waals surface area contributed by atoms with Crippen LogP contribution in [0.25, 0.3) is 11.1 Å². The minimum absolute atomic E-state index is 0.126. The van der Waals surface area contributed by atoms with E-state index < -0.39 is 11.6 Å². The van der Waals surface area contributed by atoms with Crippen LogP contribution >= 0.6 is 0 Å². The van der Waals surface area contributed by atoms with Gasteiger partial charge in [0.15, 0.2) is 0 Å². The summed E-state index contributed by atoms with van der Waals surface area (Å²) in [7, 11) is 1.35. The van der Waals surface area contributed by atoms with E-state index in [0.717, 1.165) is 12.1 Å². The molecule has 0 unspecified atom stereocenters. The molecule has 0 saturated carbocycles. The molecule has 1 aromatic carbocycles. The predicted molar refractivity (Wildman–Crippen MR) is 64.0 cm³/mol. The van der Waals surface area contributed by atoms with Gasteiger partial charge in [-0.2, -0.15) is 0 Å². The Labute approximate surface area is 103 Å². The van der Waals surface area contributed by atoms with Gasteiger partial charge in [0.2, 0.25) is 0 Å². The van der Waals surface area contributed by atoms with E-state index in [9.17, 15) is 8.78 Å². The maximum Gasteiger partial charge on any atom is 0.137 e. The summed E-state index contributed by atoms with van der Waals surface area (Å²) in [6.45, 7) is 0.264. The number of rotatable bonds is 3. The molecule has 2 N–H and O–H groups in total. The third kappa shape index (κ3) is 2.31. The summed E-state index contributed by atoms with van der Waals surface area (Å²) in [6, 6.07) is 3.88. The van der Waals surface area contributed by atoms with Crippen molar-refractivity contribution in [1.29, 1.82) is 0 Å². The Morgan fingerprint density at radius 1 is 1.17 bits per heavy atom. The zero-order valence-corrected chi connectivity index (χ0v) is 9.78. The number of hydrogen-bond acceptors (Lipinski definition) is 3. The molecule has 0 bridgehead atoms. The van der Waals surface area contributed by atoms with E-state index >= 15 is 0 Å². The maximum atomic E-state index is 13.8. The third-order valence-corrected chi connectivity index (χ3v) is 2.57. The van der Waals surface area contributed by atoms with E-state index in [0.29, 0.717) is 11.1 Å². The van der Waals surface area contributed by atoms with E-state index in [2.05, 4.69) is 4.98 Å². The lowest BCUT2D eigenvalue weighted by molar-refractivity contribution is 0.407. The highest BCUT2D eigenvalue weighted by molar-refractivity contribution is 5.65. The zero-order chi connectivity index (χ0) is 13.1. The molecule has 1 aromatic heterocycles. The molecule has 2 rings (SSSR count). The first-order chi connectivity index (χ1) is 8.65. The number of aromatic nitrogens is 1. The second-order valence-corrected chi connectivity index (χ2v) is 3.75. The van der Waals surface area contributed by atoms with Crippen molar-refractivity contribution in [3.05, 3.63) is 47.8 Å². The summed E-state index contributed by atoms with van der Waals surface area (Å²) < 4.78 is 32.5. The highest BCUT2D eigenvalue weighted by Crippen LogP contribution is 2.29. The lowest BCUT2D eigenvalue weighted by atomic mass is 10.0. The normalized spacial score (nSPS) is 10.4. The van der Waals surface area contributed by atoms with Crippen LogP contribution in [0.3, 0.4) is 0 Å². The Kier molecular flexibility index (Phi) is 3.53. The van der Waals surface area contributed by atoms with E-state index in [4.69, 9.17) is 10.5 Å². The fraction of sp³-hybridized carbons (Fsp3) is 0.154. The largest absolute Gasteiger partial charge is 0.497 e. The van der Waals surface area contributed by atoms with Crippen molar-refractivity contribution in [2.24, 2.45) is 5.73 Å². The first-order valence-electron chi connectivity index (χ1n) is 5.33. The van der Waals surface area contributed by atoms with Gasteiger partial charge in [-0.25, -0.2) is 8.78 Å². The van der Waals surface area contributed by atoms with Crippen LogP contribution in [-0.4, -0.2) is 12.1 Å². The molecule has 0 amide bonds. The molecule has 0 aliphatic heterocycles. The van der Waals surface area contributed by atoms with E-state index in [1.54, 1.807) is 12.3 Å². The van der Waals surface area contributed by atoms with Crippen LogP contribution < -0.4 is 10.5 Å². The number of hydrogen-bond donors (Lipinski definition) is 1. The smallest absolute Gasteiger partial charge is 0.137 e. The zero-order valence-electron chi connectivity index (χ0n) is 9.78. The van der Waals surface area contributed by atoms with Crippen molar-refractivity contribution < 1.29 is 13.5 Å². The molecule has 18 heavy (non-hydrogen) atoms. The van der Waals surface area contributed by atoms with Gasteiger partial charge in [-0.15, -0.1) is 0 Å². The topological polar surface area (TPSA) is 48.1 Å². The molecule has 5 heteroatoms. The Bertz CT molecular complexity index is 550. The monoisotopic (exact) mass is 250 g/mol. The quantitative estimate of drug-likeness (QED) is 0.910. The SMILES string of the molecule is COc1cc(F)c(-c2cncc(CN)c2)c(F)c1. The minimum Gasteiger partial charge on any atom is -0.497 e. The number of benzene rings is 1. The van der Waals surface area contributed by atoms with Crippen LogP contribution in [0, 0.1) is 11.6 Å². The molecule has 3 nitrogen and oxygen atoms in total. The Morgan fingerprint density at radius 3 is 2.39 bits per heavy atom. The van der Waals surface area contributed by atoms with Gasteiger partial charge in [0.25, 0.3) is 0 Å². The fourth-order valence-electron chi connectivity index (χ4n) is 1.68. The number of nitrogens with two attached hydrogens (primary N) is 1. The molecule has 94 valence electrons. The second-order valence-electron chi connectivity index (χ2n) is 3.75. The molecule has 2 aromatic rings. The fourth-order valence-corrected chi connectivity index (χ4v) is 1.68. The summed E-state index contributed by atoms with van der Waals surface area (Å²) in [5.41, 5.74) is 6.41. The van der Waals surface area contributed by atoms with Crippen LogP contribution in [0.15, 0.2) is 30.6 Å². The van der Waals surface area contributed by atoms with Crippen LogP contribution in [0.2, 0.25) is 0 Å². The minimum atomic E-state index is -0.692. The summed E-state index contributed by atoms with van der Waals surface area (Å²) >= 11 is 0. The average Bonchev–Trinajstić information content (AvgIpc) is 2.38. The molecule has 0 atom stereocenters. The molecule has 0 aliphatic carbocycles. The molecule has 1 heterocycles. The highest BCUT2D eigenvalue weighted by atomic mass is 19.1. The standard InChI is InChI=1S/C13H12F2N2O/c1-18-10-3-11(14)13(12(15)4-10)9-2-8(5-16)6-17-7-9/h2-4,6-7H,5,16H2,1H3. The van der Waals surface area contributed by atoms with Gasteiger partial charge < -0.3 is 10.5 Å². The van der Waals surface area contributed by atoms with Crippen LogP contribution in [0.1, 0.15) is 5.56 Å². The van der Waals surface area contributed by atoms with Crippen molar-refractivity contribution in [3.63, 3.8) is 0 Å². The second kappa shape index (κ2) is 5.10. The number of nitrogens with zero attached hydrogens (tertiary/aromatic N) is 1. The third-order valence-electron chi connectivity index (χ3n) is 2.57. The average molecular weight is 250 g/mol. The summed E-state index contributed by atoms with van der Waals surface area (Å²) in [4.78, 5) is 3.91. The van der Waals surface area contributed by atoms with Gasteiger partial charge in [0.05, 0.1) is 12.7 Å². The molecule has 0 saturated heterocycles. The maximum absolute atomic E-state index is 13.8. The van der Waals surface area contributed by atoms with Crippen LogP contribution in [0.5, 0.6) is 5.75 Å². The molecular formula is C13H12F2N2O.